The Hall–Kier alpha value is -2.80. The monoisotopic (exact) mass is 380 g/mol. The lowest BCUT2D eigenvalue weighted by Crippen LogP contribution is -2.37. The highest BCUT2D eigenvalue weighted by Gasteiger charge is 2.22. The van der Waals surface area contributed by atoms with Crippen LogP contribution in [0, 0.1) is 0 Å². The van der Waals surface area contributed by atoms with Gasteiger partial charge in [-0.2, -0.15) is 0 Å². The first-order valence-electron chi connectivity index (χ1n) is 8.81. The third-order valence-electron chi connectivity index (χ3n) is 4.58. The fourth-order valence-corrected chi connectivity index (χ4v) is 4.05. The van der Waals surface area contributed by atoms with Gasteiger partial charge in [0, 0.05) is 19.6 Å². The SMILES string of the molecule is C=CCn1c(SCC(=O)N2CCc3ccccc3C2)nnc1-c1ccco1. The van der Waals surface area contributed by atoms with Crippen LogP contribution in [0.15, 0.2) is 64.9 Å². The van der Waals surface area contributed by atoms with Gasteiger partial charge < -0.3 is 9.32 Å². The smallest absolute Gasteiger partial charge is 0.233 e. The summed E-state index contributed by atoms with van der Waals surface area (Å²) in [6.07, 6.45) is 4.29. The fraction of sp³-hybridized carbons (Fsp3) is 0.250. The van der Waals surface area contributed by atoms with E-state index in [1.165, 1.54) is 22.9 Å². The molecule has 4 rings (SSSR count). The quantitative estimate of drug-likeness (QED) is 0.484. The average molecular weight is 380 g/mol. The molecule has 1 amide bonds. The van der Waals surface area contributed by atoms with Crippen LogP contribution >= 0.6 is 11.8 Å². The summed E-state index contributed by atoms with van der Waals surface area (Å²) in [6, 6.07) is 12.0. The van der Waals surface area contributed by atoms with E-state index in [2.05, 4.69) is 35.0 Å². The van der Waals surface area contributed by atoms with Gasteiger partial charge in [0.05, 0.1) is 12.0 Å². The number of carbonyl (C=O) groups is 1. The molecule has 138 valence electrons. The number of hydrogen-bond donors (Lipinski definition) is 0. The van der Waals surface area contributed by atoms with Crippen molar-refractivity contribution in [1.29, 1.82) is 0 Å². The van der Waals surface area contributed by atoms with Gasteiger partial charge in [-0.25, -0.2) is 0 Å². The largest absolute Gasteiger partial charge is 0.461 e. The molecular weight excluding hydrogens is 360 g/mol. The van der Waals surface area contributed by atoms with Gasteiger partial charge in [-0.15, -0.1) is 16.8 Å². The topological polar surface area (TPSA) is 64.2 Å². The Morgan fingerprint density at radius 2 is 2.07 bits per heavy atom. The van der Waals surface area contributed by atoms with Crippen molar-refractivity contribution in [3.05, 3.63) is 66.4 Å². The van der Waals surface area contributed by atoms with E-state index in [0.717, 1.165) is 13.0 Å². The van der Waals surface area contributed by atoms with E-state index in [1.807, 2.05) is 27.7 Å². The highest BCUT2D eigenvalue weighted by Crippen LogP contribution is 2.25. The minimum Gasteiger partial charge on any atom is -0.461 e. The second-order valence-corrected chi connectivity index (χ2v) is 7.25. The molecule has 0 radical (unpaired) electrons. The Kier molecular flexibility index (Phi) is 5.11. The molecule has 7 heteroatoms. The molecule has 0 saturated carbocycles. The van der Waals surface area contributed by atoms with Crippen LogP contribution in [0.1, 0.15) is 11.1 Å². The van der Waals surface area contributed by atoms with Crippen molar-refractivity contribution in [2.24, 2.45) is 0 Å². The molecule has 1 aromatic carbocycles. The molecule has 0 spiro atoms. The average Bonchev–Trinajstić information content (AvgIpc) is 3.36. The van der Waals surface area contributed by atoms with Gasteiger partial charge in [0.2, 0.25) is 11.7 Å². The standard InChI is InChI=1S/C20H20N4O2S/c1-2-10-24-19(17-8-5-12-26-17)21-22-20(24)27-14-18(25)23-11-9-15-6-3-4-7-16(15)13-23/h2-8,12H,1,9-11,13-14H2. The zero-order valence-corrected chi connectivity index (χ0v) is 15.7. The van der Waals surface area contributed by atoms with Crippen LogP contribution in [0.5, 0.6) is 0 Å². The van der Waals surface area contributed by atoms with E-state index in [-0.39, 0.29) is 5.91 Å². The summed E-state index contributed by atoms with van der Waals surface area (Å²) in [5, 5.41) is 9.15. The number of rotatable bonds is 6. The molecule has 1 aliphatic heterocycles. The molecular formula is C20H20N4O2S. The lowest BCUT2D eigenvalue weighted by Gasteiger charge is -2.28. The minimum absolute atomic E-state index is 0.113. The van der Waals surface area contributed by atoms with Gasteiger partial charge in [0.15, 0.2) is 10.9 Å². The number of furan rings is 1. The van der Waals surface area contributed by atoms with Crippen molar-refractivity contribution in [3.63, 3.8) is 0 Å². The van der Waals surface area contributed by atoms with Crippen molar-refractivity contribution in [3.8, 4) is 11.6 Å². The Labute approximate surface area is 161 Å². The summed E-state index contributed by atoms with van der Waals surface area (Å²) >= 11 is 1.40. The van der Waals surface area contributed by atoms with E-state index in [0.29, 0.717) is 35.6 Å². The van der Waals surface area contributed by atoms with Crippen LogP contribution in [0.4, 0.5) is 0 Å². The first-order valence-corrected chi connectivity index (χ1v) is 9.80. The number of carbonyl (C=O) groups excluding carboxylic acids is 1. The van der Waals surface area contributed by atoms with Gasteiger partial charge in [-0.1, -0.05) is 42.1 Å². The molecule has 0 unspecified atom stereocenters. The number of thioether (sulfide) groups is 1. The number of hydrogen-bond acceptors (Lipinski definition) is 5. The number of benzene rings is 1. The normalized spacial score (nSPS) is 13.4. The molecule has 0 fully saturated rings. The predicted octanol–water partition coefficient (Wildman–Crippen LogP) is 3.40. The van der Waals surface area contributed by atoms with Crippen LogP contribution in [-0.2, 0) is 24.3 Å². The van der Waals surface area contributed by atoms with Crippen LogP contribution in [-0.4, -0.2) is 37.9 Å². The zero-order valence-electron chi connectivity index (χ0n) is 14.9. The van der Waals surface area contributed by atoms with Crippen LogP contribution in [0.3, 0.4) is 0 Å². The van der Waals surface area contributed by atoms with Crippen molar-refractivity contribution < 1.29 is 9.21 Å². The van der Waals surface area contributed by atoms with E-state index < -0.39 is 0 Å². The number of nitrogens with zero attached hydrogens (tertiary/aromatic N) is 4. The summed E-state index contributed by atoms with van der Waals surface area (Å²) in [7, 11) is 0. The summed E-state index contributed by atoms with van der Waals surface area (Å²) in [4.78, 5) is 14.6. The predicted molar refractivity (Wildman–Crippen MR) is 104 cm³/mol. The molecule has 0 atom stereocenters. The Morgan fingerprint density at radius 1 is 1.22 bits per heavy atom. The van der Waals surface area contributed by atoms with E-state index in [4.69, 9.17) is 4.42 Å². The number of amides is 1. The maximum atomic E-state index is 12.7. The number of allylic oxidation sites excluding steroid dienone is 1. The lowest BCUT2D eigenvalue weighted by atomic mass is 10.00. The zero-order chi connectivity index (χ0) is 18.6. The highest BCUT2D eigenvalue weighted by molar-refractivity contribution is 7.99. The molecule has 0 saturated heterocycles. The van der Waals surface area contributed by atoms with E-state index >= 15 is 0 Å². The van der Waals surface area contributed by atoms with Gasteiger partial charge in [-0.05, 0) is 29.7 Å². The van der Waals surface area contributed by atoms with Crippen molar-refractivity contribution in [2.45, 2.75) is 24.7 Å². The minimum atomic E-state index is 0.113. The summed E-state index contributed by atoms with van der Waals surface area (Å²) in [5.41, 5.74) is 2.57. The maximum absolute atomic E-state index is 12.7. The van der Waals surface area contributed by atoms with Crippen LogP contribution < -0.4 is 0 Å². The van der Waals surface area contributed by atoms with Crippen LogP contribution in [0.25, 0.3) is 11.6 Å². The Balaban J connectivity index is 1.44. The first kappa shape index (κ1) is 17.6. The molecule has 3 aromatic rings. The number of fused-ring (bicyclic) bond motifs is 1. The van der Waals surface area contributed by atoms with E-state index in [1.54, 1.807) is 12.3 Å². The van der Waals surface area contributed by atoms with Gasteiger partial charge >= 0.3 is 0 Å². The lowest BCUT2D eigenvalue weighted by molar-refractivity contribution is -0.129. The summed E-state index contributed by atoms with van der Waals surface area (Å²) < 4.78 is 7.34. The van der Waals surface area contributed by atoms with Crippen molar-refractivity contribution in [2.75, 3.05) is 12.3 Å². The second kappa shape index (κ2) is 7.84. The van der Waals surface area contributed by atoms with Gasteiger partial charge in [0.25, 0.3) is 0 Å². The highest BCUT2D eigenvalue weighted by atomic mass is 32.2. The van der Waals surface area contributed by atoms with Gasteiger partial charge in [0.1, 0.15) is 0 Å². The van der Waals surface area contributed by atoms with Gasteiger partial charge in [-0.3, -0.25) is 9.36 Å². The molecule has 3 heterocycles. The molecule has 0 N–H and O–H groups in total. The second-order valence-electron chi connectivity index (χ2n) is 6.31. The third-order valence-corrected chi connectivity index (χ3v) is 5.53. The molecule has 27 heavy (non-hydrogen) atoms. The molecule has 0 aliphatic carbocycles. The Morgan fingerprint density at radius 3 is 2.85 bits per heavy atom. The maximum Gasteiger partial charge on any atom is 0.233 e. The first-order chi connectivity index (χ1) is 13.3. The van der Waals surface area contributed by atoms with E-state index in [9.17, 15) is 4.79 Å². The third kappa shape index (κ3) is 3.68. The Bertz CT molecular complexity index is 949. The molecule has 1 aliphatic rings. The molecule has 0 bridgehead atoms. The number of aromatic nitrogens is 3. The fourth-order valence-electron chi connectivity index (χ4n) is 3.20. The molecule has 6 nitrogen and oxygen atoms in total. The van der Waals surface area contributed by atoms with Crippen LogP contribution in [0.2, 0.25) is 0 Å². The summed E-state index contributed by atoms with van der Waals surface area (Å²) in [5.74, 6) is 1.73. The summed E-state index contributed by atoms with van der Waals surface area (Å²) in [6.45, 7) is 5.78. The molecule has 2 aromatic heterocycles. The van der Waals surface area contributed by atoms with Crippen molar-refractivity contribution in [1.82, 2.24) is 19.7 Å². The van der Waals surface area contributed by atoms with Crippen molar-refractivity contribution >= 4 is 17.7 Å².